The molecule has 1 N–H and O–H groups in total. The largest absolute Gasteiger partial charge is 0.490 e. The number of rotatable bonds is 8. The average Bonchev–Trinajstić information content (AvgIpc) is 2.76. The van der Waals surface area contributed by atoms with E-state index in [-0.39, 0.29) is 24.0 Å². The summed E-state index contributed by atoms with van der Waals surface area (Å²) >= 11 is 0. The van der Waals surface area contributed by atoms with Crippen LogP contribution in [0.2, 0.25) is 0 Å². The molecule has 1 atom stereocenters. The van der Waals surface area contributed by atoms with E-state index in [2.05, 4.69) is 22.1 Å². The highest BCUT2D eigenvalue weighted by molar-refractivity contribution is 14.0. The van der Waals surface area contributed by atoms with Gasteiger partial charge in [0.15, 0.2) is 5.96 Å². The van der Waals surface area contributed by atoms with Crippen molar-refractivity contribution < 1.29 is 14.2 Å². The van der Waals surface area contributed by atoms with Crippen LogP contribution in [0.25, 0.3) is 0 Å². The van der Waals surface area contributed by atoms with Gasteiger partial charge in [0.1, 0.15) is 12.4 Å². The van der Waals surface area contributed by atoms with E-state index in [0.717, 1.165) is 63.8 Å². The Balaban J connectivity index is 0.00000300. The van der Waals surface area contributed by atoms with Crippen molar-refractivity contribution in [2.24, 2.45) is 4.99 Å². The number of ether oxygens (including phenoxy) is 3. The minimum Gasteiger partial charge on any atom is -0.490 e. The first-order valence-electron chi connectivity index (χ1n) is 10.6. The quantitative estimate of drug-likeness (QED) is 0.247. The van der Waals surface area contributed by atoms with Crippen LogP contribution in [-0.2, 0) is 9.47 Å². The number of piperidine rings is 1. The molecule has 2 fully saturated rings. The lowest BCUT2D eigenvalue weighted by atomic mass is 10.1. The standard InChI is InChI=1S/C21H34N4O3.HI/c1-2-23-21(24-11-15-27-19-7-5-10-22-16-19)25-12-8-18(9-13-25)28-17-20-6-3-4-14-26-20;/h5,7,10,16,18,20H,2-4,6,8-9,11-15,17H2,1H3,(H,23,24);1H. The third-order valence-corrected chi connectivity index (χ3v) is 5.12. The van der Waals surface area contributed by atoms with Crippen molar-refractivity contribution in [3.8, 4) is 5.75 Å². The van der Waals surface area contributed by atoms with E-state index < -0.39 is 0 Å². The number of hydrogen-bond acceptors (Lipinski definition) is 5. The highest BCUT2D eigenvalue weighted by Crippen LogP contribution is 2.18. The maximum absolute atomic E-state index is 6.12. The van der Waals surface area contributed by atoms with Gasteiger partial charge in [-0.3, -0.25) is 4.98 Å². The fourth-order valence-corrected chi connectivity index (χ4v) is 3.59. The number of nitrogens with zero attached hydrogens (tertiary/aromatic N) is 3. The lowest BCUT2D eigenvalue weighted by molar-refractivity contribution is -0.0721. The molecule has 3 rings (SSSR count). The van der Waals surface area contributed by atoms with Gasteiger partial charge in [0.05, 0.1) is 31.6 Å². The van der Waals surface area contributed by atoms with E-state index in [4.69, 9.17) is 19.2 Å². The van der Waals surface area contributed by atoms with Gasteiger partial charge in [-0.1, -0.05) is 0 Å². The Morgan fingerprint density at radius 2 is 2.17 bits per heavy atom. The summed E-state index contributed by atoms with van der Waals surface area (Å²) in [6.45, 7) is 7.68. The molecule has 0 radical (unpaired) electrons. The maximum atomic E-state index is 6.12. The van der Waals surface area contributed by atoms with Gasteiger partial charge in [-0.2, -0.15) is 0 Å². The number of aliphatic imine (C=N–C) groups is 1. The van der Waals surface area contributed by atoms with Crippen LogP contribution in [0.4, 0.5) is 0 Å². The number of hydrogen-bond donors (Lipinski definition) is 1. The number of pyridine rings is 1. The Bertz CT molecular complexity index is 577. The molecule has 0 amide bonds. The van der Waals surface area contributed by atoms with E-state index >= 15 is 0 Å². The number of aromatic nitrogens is 1. The predicted octanol–water partition coefficient (Wildman–Crippen LogP) is 3.09. The smallest absolute Gasteiger partial charge is 0.194 e. The van der Waals surface area contributed by atoms with Crippen LogP contribution in [0.3, 0.4) is 0 Å². The molecule has 0 bridgehead atoms. The lowest BCUT2D eigenvalue weighted by Crippen LogP contribution is -2.47. The minimum atomic E-state index is 0. The number of likely N-dealkylation sites (tertiary alicyclic amines) is 1. The fraction of sp³-hybridized carbons (Fsp3) is 0.714. The SMILES string of the molecule is CCNC(=NCCOc1cccnc1)N1CCC(OCC2CCCCO2)CC1.I. The molecule has 29 heavy (non-hydrogen) atoms. The van der Waals surface area contributed by atoms with Crippen LogP contribution in [0.5, 0.6) is 5.75 Å². The molecule has 164 valence electrons. The third kappa shape index (κ3) is 8.64. The molecule has 7 nitrogen and oxygen atoms in total. The molecule has 0 spiro atoms. The molecule has 1 aromatic rings. The van der Waals surface area contributed by atoms with Crippen LogP contribution in [0.1, 0.15) is 39.0 Å². The maximum Gasteiger partial charge on any atom is 0.194 e. The van der Waals surface area contributed by atoms with Crippen molar-refractivity contribution in [1.82, 2.24) is 15.2 Å². The number of halogens is 1. The van der Waals surface area contributed by atoms with Crippen LogP contribution in [0, 0.1) is 0 Å². The Labute approximate surface area is 191 Å². The number of guanidine groups is 1. The second-order valence-electron chi connectivity index (χ2n) is 7.28. The van der Waals surface area contributed by atoms with Crippen LogP contribution in [-0.4, -0.2) is 74.1 Å². The summed E-state index contributed by atoms with van der Waals surface area (Å²) in [7, 11) is 0. The molecular formula is C21H35IN4O3. The molecule has 0 saturated carbocycles. The minimum absolute atomic E-state index is 0. The molecular weight excluding hydrogens is 483 g/mol. The summed E-state index contributed by atoms with van der Waals surface area (Å²) in [6.07, 6.45) is 9.74. The normalized spacial score (nSPS) is 20.8. The summed E-state index contributed by atoms with van der Waals surface area (Å²) in [6, 6.07) is 3.78. The summed E-state index contributed by atoms with van der Waals surface area (Å²) in [4.78, 5) is 11.1. The second-order valence-corrected chi connectivity index (χ2v) is 7.28. The Kier molecular flexibility index (Phi) is 11.6. The Morgan fingerprint density at radius 1 is 1.31 bits per heavy atom. The molecule has 3 heterocycles. The van der Waals surface area contributed by atoms with Crippen LogP contribution >= 0.6 is 24.0 Å². The highest BCUT2D eigenvalue weighted by Gasteiger charge is 2.23. The topological polar surface area (TPSA) is 68.2 Å². The van der Waals surface area contributed by atoms with Crippen molar-refractivity contribution in [3.05, 3.63) is 24.5 Å². The molecule has 2 aliphatic heterocycles. The Hall–Kier alpha value is -1.13. The zero-order valence-electron chi connectivity index (χ0n) is 17.4. The number of nitrogens with one attached hydrogen (secondary N) is 1. The molecule has 0 aliphatic carbocycles. The van der Waals surface area contributed by atoms with Crippen molar-refractivity contribution in [2.75, 3.05) is 46.0 Å². The van der Waals surface area contributed by atoms with Gasteiger partial charge in [0.2, 0.25) is 0 Å². The van der Waals surface area contributed by atoms with Crippen LogP contribution in [0.15, 0.2) is 29.5 Å². The van der Waals surface area contributed by atoms with Gasteiger partial charge < -0.3 is 24.4 Å². The average molecular weight is 518 g/mol. The van der Waals surface area contributed by atoms with Crippen molar-refractivity contribution in [2.45, 2.75) is 51.2 Å². The molecule has 1 unspecified atom stereocenters. The summed E-state index contributed by atoms with van der Waals surface area (Å²) in [5.74, 6) is 1.74. The third-order valence-electron chi connectivity index (χ3n) is 5.12. The van der Waals surface area contributed by atoms with Gasteiger partial charge >= 0.3 is 0 Å². The van der Waals surface area contributed by atoms with E-state index in [1.165, 1.54) is 12.8 Å². The van der Waals surface area contributed by atoms with Gasteiger partial charge in [0, 0.05) is 32.4 Å². The molecule has 2 saturated heterocycles. The molecule has 2 aliphatic rings. The van der Waals surface area contributed by atoms with Gasteiger partial charge in [-0.25, -0.2) is 4.99 Å². The Morgan fingerprint density at radius 3 is 2.86 bits per heavy atom. The predicted molar refractivity (Wildman–Crippen MR) is 125 cm³/mol. The van der Waals surface area contributed by atoms with Crippen molar-refractivity contribution in [1.29, 1.82) is 0 Å². The highest BCUT2D eigenvalue weighted by atomic mass is 127. The first-order valence-corrected chi connectivity index (χ1v) is 10.6. The van der Waals surface area contributed by atoms with E-state index in [9.17, 15) is 0 Å². The van der Waals surface area contributed by atoms with E-state index in [1.807, 2.05) is 12.1 Å². The van der Waals surface area contributed by atoms with E-state index in [1.54, 1.807) is 12.4 Å². The zero-order chi connectivity index (χ0) is 19.4. The first-order chi connectivity index (χ1) is 13.8. The molecule has 0 aromatic carbocycles. The first kappa shape index (κ1) is 24.1. The molecule has 1 aromatic heterocycles. The monoisotopic (exact) mass is 518 g/mol. The van der Waals surface area contributed by atoms with E-state index in [0.29, 0.717) is 25.4 Å². The van der Waals surface area contributed by atoms with Gasteiger partial charge in [-0.15, -0.1) is 24.0 Å². The zero-order valence-corrected chi connectivity index (χ0v) is 19.8. The van der Waals surface area contributed by atoms with Crippen molar-refractivity contribution in [3.63, 3.8) is 0 Å². The molecule has 8 heteroatoms. The fourth-order valence-electron chi connectivity index (χ4n) is 3.59. The van der Waals surface area contributed by atoms with Crippen LogP contribution < -0.4 is 10.1 Å². The lowest BCUT2D eigenvalue weighted by Gasteiger charge is -2.35. The summed E-state index contributed by atoms with van der Waals surface area (Å²) in [5, 5.41) is 3.40. The second kappa shape index (κ2) is 14.0. The van der Waals surface area contributed by atoms with Gasteiger partial charge in [0.25, 0.3) is 0 Å². The summed E-state index contributed by atoms with van der Waals surface area (Å²) < 4.78 is 17.6. The van der Waals surface area contributed by atoms with Crippen molar-refractivity contribution >= 4 is 29.9 Å². The van der Waals surface area contributed by atoms with Gasteiger partial charge in [-0.05, 0) is 51.2 Å². The summed E-state index contributed by atoms with van der Waals surface area (Å²) in [5.41, 5.74) is 0.